The highest BCUT2D eigenvalue weighted by molar-refractivity contribution is 5.44. The van der Waals surface area contributed by atoms with Gasteiger partial charge in [-0.1, -0.05) is 6.07 Å². The highest BCUT2D eigenvalue weighted by Gasteiger charge is 2.01. The average molecular weight is 199 g/mol. The predicted octanol–water partition coefficient (Wildman–Crippen LogP) is 1.96. The number of anilines is 1. The maximum atomic E-state index is 5.69. The van der Waals surface area contributed by atoms with Crippen LogP contribution < -0.4 is 5.73 Å². The first kappa shape index (κ1) is 9.65. The van der Waals surface area contributed by atoms with E-state index in [0.29, 0.717) is 0 Å². The lowest BCUT2D eigenvalue weighted by molar-refractivity contribution is 0.961. The number of nitrogen functional groups attached to an aromatic ring is 1. The summed E-state index contributed by atoms with van der Waals surface area (Å²) in [6.07, 6.45) is 4.27. The van der Waals surface area contributed by atoms with Crippen molar-refractivity contribution in [2.24, 2.45) is 0 Å². The second-order valence-corrected chi connectivity index (χ2v) is 3.53. The van der Waals surface area contributed by atoms with Crippen molar-refractivity contribution in [3.05, 3.63) is 53.6 Å². The molecule has 76 valence electrons. The Kier molecular flexibility index (Phi) is 2.63. The Hall–Kier alpha value is -1.90. The molecule has 3 heteroatoms. The summed E-state index contributed by atoms with van der Waals surface area (Å²) >= 11 is 0. The Bertz CT molecular complexity index is 452. The molecule has 0 saturated carbocycles. The number of nitrogens with two attached hydrogens (primary N) is 1. The molecule has 0 atom stereocenters. The van der Waals surface area contributed by atoms with Crippen LogP contribution in [0.3, 0.4) is 0 Å². The molecule has 0 amide bonds. The van der Waals surface area contributed by atoms with Gasteiger partial charge in [0, 0.05) is 24.5 Å². The Morgan fingerprint density at radius 3 is 2.60 bits per heavy atom. The van der Waals surface area contributed by atoms with E-state index in [1.165, 1.54) is 11.1 Å². The van der Waals surface area contributed by atoms with E-state index >= 15 is 0 Å². The average Bonchev–Trinajstić information content (AvgIpc) is 2.24. The Labute approximate surface area is 89.0 Å². The van der Waals surface area contributed by atoms with Crippen LogP contribution in [0.15, 0.2) is 36.7 Å². The monoisotopic (exact) mass is 199 g/mol. The van der Waals surface area contributed by atoms with Crippen molar-refractivity contribution in [1.82, 2.24) is 9.97 Å². The molecule has 0 unspecified atom stereocenters. The third-order valence-corrected chi connectivity index (χ3v) is 2.33. The SMILES string of the molecule is Cc1cc(N)ccc1Cc1ncccn1. The quantitative estimate of drug-likeness (QED) is 0.752. The molecule has 0 bridgehead atoms. The van der Waals surface area contributed by atoms with Gasteiger partial charge in [-0.05, 0) is 36.2 Å². The van der Waals surface area contributed by atoms with Gasteiger partial charge in [0.05, 0.1) is 0 Å². The number of rotatable bonds is 2. The largest absolute Gasteiger partial charge is 0.399 e. The number of aromatic nitrogens is 2. The van der Waals surface area contributed by atoms with Gasteiger partial charge in [-0.3, -0.25) is 0 Å². The molecular weight excluding hydrogens is 186 g/mol. The molecule has 0 spiro atoms. The van der Waals surface area contributed by atoms with Gasteiger partial charge in [-0.15, -0.1) is 0 Å². The molecule has 15 heavy (non-hydrogen) atoms. The third kappa shape index (κ3) is 2.31. The highest BCUT2D eigenvalue weighted by atomic mass is 14.8. The van der Waals surface area contributed by atoms with Crippen LogP contribution in [-0.2, 0) is 6.42 Å². The zero-order valence-corrected chi connectivity index (χ0v) is 8.64. The molecule has 0 radical (unpaired) electrons. The molecule has 2 N–H and O–H groups in total. The number of benzene rings is 1. The molecule has 0 saturated heterocycles. The molecular formula is C12H13N3. The summed E-state index contributed by atoms with van der Waals surface area (Å²) in [4.78, 5) is 8.39. The van der Waals surface area contributed by atoms with Crippen LogP contribution in [0.2, 0.25) is 0 Å². The standard InChI is InChI=1S/C12H13N3/c1-9-7-11(13)4-3-10(9)8-12-14-5-2-6-15-12/h2-7H,8,13H2,1H3. The van der Waals surface area contributed by atoms with Crippen molar-refractivity contribution in [1.29, 1.82) is 0 Å². The molecule has 1 heterocycles. The van der Waals surface area contributed by atoms with Gasteiger partial charge >= 0.3 is 0 Å². The van der Waals surface area contributed by atoms with Crippen molar-refractivity contribution < 1.29 is 0 Å². The fraction of sp³-hybridized carbons (Fsp3) is 0.167. The van der Waals surface area contributed by atoms with Crippen molar-refractivity contribution in [3.63, 3.8) is 0 Å². The predicted molar refractivity (Wildman–Crippen MR) is 60.4 cm³/mol. The highest BCUT2D eigenvalue weighted by Crippen LogP contribution is 2.14. The smallest absolute Gasteiger partial charge is 0.132 e. The minimum atomic E-state index is 0.757. The van der Waals surface area contributed by atoms with Crippen LogP contribution >= 0.6 is 0 Å². The maximum Gasteiger partial charge on any atom is 0.132 e. The van der Waals surface area contributed by atoms with E-state index in [0.717, 1.165) is 17.9 Å². The van der Waals surface area contributed by atoms with E-state index in [9.17, 15) is 0 Å². The zero-order chi connectivity index (χ0) is 10.7. The zero-order valence-electron chi connectivity index (χ0n) is 8.64. The van der Waals surface area contributed by atoms with Crippen LogP contribution in [-0.4, -0.2) is 9.97 Å². The van der Waals surface area contributed by atoms with Crippen LogP contribution in [0.4, 0.5) is 5.69 Å². The lowest BCUT2D eigenvalue weighted by atomic mass is 10.0. The Balaban J connectivity index is 2.25. The van der Waals surface area contributed by atoms with Crippen LogP contribution in [0, 0.1) is 6.92 Å². The molecule has 1 aromatic carbocycles. The number of hydrogen-bond donors (Lipinski definition) is 1. The number of aryl methyl sites for hydroxylation is 1. The molecule has 1 aromatic heterocycles. The summed E-state index contributed by atoms with van der Waals surface area (Å²) in [5, 5.41) is 0. The fourth-order valence-corrected chi connectivity index (χ4v) is 1.51. The van der Waals surface area contributed by atoms with E-state index in [1.54, 1.807) is 12.4 Å². The maximum absolute atomic E-state index is 5.69. The lowest BCUT2D eigenvalue weighted by Gasteiger charge is -2.05. The van der Waals surface area contributed by atoms with E-state index in [-0.39, 0.29) is 0 Å². The van der Waals surface area contributed by atoms with Crippen molar-refractivity contribution in [2.45, 2.75) is 13.3 Å². The van der Waals surface area contributed by atoms with Gasteiger partial charge in [-0.2, -0.15) is 0 Å². The van der Waals surface area contributed by atoms with E-state index in [4.69, 9.17) is 5.73 Å². The third-order valence-electron chi connectivity index (χ3n) is 2.33. The topological polar surface area (TPSA) is 51.8 Å². The first-order valence-corrected chi connectivity index (χ1v) is 4.86. The van der Waals surface area contributed by atoms with Gasteiger partial charge in [0.25, 0.3) is 0 Å². The first-order valence-electron chi connectivity index (χ1n) is 4.86. The van der Waals surface area contributed by atoms with Gasteiger partial charge in [0.1, 0.15) is 5.82 Å². The van der Waals surface area contributed by atoms with Gasteiger partial charge in [-0.25, -0.2) is 9.97 Å². The second kappa shape index (κ2) is 4.09. The molecule has 0 aliphatic rings. The number of hydrogen-bond acceptors (Lipinski definition) is 3. The normalized spacial score (nSPS) is 10.2. The molecule has 2 aromatic rings. The molecule has 3 nitrogen and oxygen atoms in total. The Morgan fingerprint density at radius 1 is 1.20 bits per heavy atom. The molecule has 0 fully saturated rings. The van der Waals surface area contributed by atoms with Crippen LogP contribution in [0.1, 0.15) is 17.0 Å². The fourth-order valence-electron chi connectivity index (χ4n) is 1.51. The minimum Gasteiger partial charge on any atom is -0.399 e. The lowest BCUT2D eigenvalue weighted by Crippen LogP contribution is -1.98. The molecule has 2 rings (SSSR count). The van der Waals surface area contributed by atoms with E-state index in [2.05, 4.69) is 16.9 Å². The summed E-state index contributed by atoms with van der Waals surface area (Å²) in [6, 6.07) is 7.73. The van der Waals surface area contributed by atoms with Crippen molar-refractivity contribution >= 4 is 5.69 Å². The van der Waals surface area contributed by atoms with Crippen LogP contribution in [0.5, 0.6) is 0 Å². The first-order chi connectivity index (χ1) is 7.25. The van der Waals surface area contributed by atoms with Gasteiger partial charge < -0.3 is 5.73 Å². The minimum absolute atomic E-state index is 0.757. The summed E-state index contributed by atoms with van der Waals surface area (Å²) in [6.45, 7) is 2.05. The van der Waals surface area contributed by atoms with Gasteiger partial charge in [0.15, 0.2) is 0 Å². The van der Waals surface area contributed by atoms with E-state index in [1.807, 2.05) is 24.3 Å². The second-order valence-electron chi connectivity index (χ2n) is 3.53. The summed E-state index contributed by atoms with van der Waals surface area (Å²) in [5.74, 6) is 0.838. The van der Waals surface area contributed by atoms with Crippen molar-refractivity contribution in [2.75, 3.05) is 5.73 Å². The van der Waals surface area contributed by atoms with Crippen molar-refractivity contribution in [3.8, 4) is 0 Å². The molecule has 0 aliphatic heterocycles. The molecule has 0 aliphatic carbocycles. The summed E-state index contributed by atoms with van der Waals surface area (Å²) in [5.41, 5.74) is 8.89. The summed E-state index contributed by atoms with van der Waals surface area (Å²) < 4.78 is 0. The Morgan fingerprint density at radius 2 is 1.93 bits per heavy atom. The van der Waals surface area contributed by atoms with Gasteiger partial charge in [0.2, 0.25) is 0 Å². The van der Waals surface area contributed by atoms with E-state index < -0.39 is 0 Å². The van der Waals surface area contributed by atoms with Crippen LogP contribution in [0.25, 0.3) is 0 Å². The summed E-state index contributed by atoms with van der Waals surface area (Å²) in [7, 11) is 0. The number of nitrogens with zero attached hydrogens (tertiary/aromatic N) is 2.